The average molecular weight is 251 g/mol. The summed E-state index contributed by atoms with van der Waals surface area (Å²) in [7, 11) is 0. The van der Waals surface area contributed by atoms with Gasteiger partial charge in [0.25, 0.3) is 0 Å². The lowest BCUT2D eigenvalue weighted by Crippen LogP contribution is -1.98. The molecule has 2 aromatic rings. The van der Waals surface area contributed by atoms with E-state index < -0.39 is 5.97 Å². The van der Waals surface area contributed by atoms with E-state index in [2.05, 4.69) is 11.6 Å². The van der Waals surface area contributed by atoms with Crippen LogP contribution in [0.5, 0.6) is 0 Å². The minimum atomic E-state index is -0.409. The number of esters is 1. The van der Waals surface area contributed by atoms with Crippen molar-refractivity contribution in [3.8, 4) is 0 Å². The molecule has 0 saturated heterocycles. The van der Waals surface area contributed by atoms with Gasteiger partial charge in [0.2, 0.25) is 0 Å². The first-order chi connectivity index (χ1) is 7.79. The van der Waals surface area contributed by atoms with Crippen LogP contribution >= 0.6 is 23.1 Å². The number of carbonyl (C=O) groups is 1. The van der Waals surface area contributed by atoms with Gasteiger partial charge in [0.05, 0.1) is 10.2 Å². The van der Waals surface area contributed by atoms with E-state index in [4.69, 9.17) is 4.74 Å². The van der Waals surface area contributed by atoms with E-state index in [0.717, 1.165) is 20.6 Å². The number of thioether (sulfide) groups is 1. The van der Waals surface area contributed by atoms with Gasteiger partial charge in [-0.05, 0) is 12.1 Å². The highest BCUT2D eigenvalue weighted by Crippen LogP contribution is 2.29. The molecule has 0 unspecified atom stereocenters. The maximum absolute atomic E-state index is 10.8. The zero-order valence-corrected chi connectivity index (χ0v) is 10.0. The molecule has 1 heterocycles. The summed E-state index contributed by atoms with van der Waals surface area (Å²) in [6.07, 6.45) is 1.15. The number of rotatable bonds is 4. The Balaban J connectivity index is 1.99. The summed E-state index contributed by atoms with van der Waals surface area (Å²) in [5.41, 5.74) is 0.977. The number of hydrogen-bond acceptors (Lipinski definition) is 5. The Hall–Kier alpha value is -1.33. The lowest BCUT2D eigenvalue weighted by molar-refractivity contribution is -0.135. The number of hydrogen-bond donors (Lipinski definition) is 0. The summed E-state index contributed by atoms with van der Waals surface area (Å²) in [5, 5.41) is 0. The number of carbonyl (C=O) groups excluding carboxylic acids is 1. The van der Waals surface area contributed by atoms with E-state index in [1.54, 1.807) is 11.3 Å². The molecule has 0 bridgehead atoms. The average Bonchev–Trinajstić information content (AvgIpc) is 2.71. The van der Waals surface area contributed by atoms with Gasteiger partial charge >= 0.3 is 5.97 Å². The number of aromatic nitrogens is 1. The molecule has 82 valence electrons. The molecule has 2 rings (SSSR count). The van der Waals surface area contributed by atoms with Crippen LogP contribution in [-0.4, -0.2) is 16.9 Å². The molecule has 0 atom stereocenters. The molecule has 1 aromatic heterocycles. The topological polar surface area (TPSA) is 39.2 Å². The van der Waals surface area contributed by atoms with Crippen molar-refractivity contribution in [2.24, 2.45) is 0 Å². The first-order valence-corrected chi connectivity index (χ1v) is 6.37. The predicted molar refractivity (Wildman–Crippen MR) is 66.6 cm³/mol. The third-order valence-corrected chi connectivity index (χ3v) is 3.83. The van der Waals surface area contributed by atoms with Crippen molar-refractivity contribution in [1.82, 2.24) is 4.98 Å². The van der Waals surface area contributed by atoms with Crippen LogP contribution in [-0.2, 0) is 9.53 Å². The molecule has 0 aliphatic rings. The minimum Gasteiger partial charge on any atom is -0.451 e. The van der Waals surface area contributed by atoms with Crippen LogP contribution in [0, 0.1) is 0 Å². The lowest BCUT2D eigenvalue weighted by Gasteiger charge is -1.97. The standard InChI is InChI=1S/C11H9NO2S2/c1-2-10(13)14-7-15-11-12-8-5-3-4-6-9(8)16-11/h2-6H,1,7H2. The predicted octanol–water partition coefficient (Wildman–Crippen LogP) is 3.08. The molecule has 0 radical (unpaired) electrons. The van der Waals surface area contributed by atoms with E-state index in [1.165, 1.54) is 11.8 Å². The monoisotopic (exact) mass is 251 g/mol. The molecule has 0 spiro atoms. The molecular formula is C11H9NO2S2. The van der Waals surface area contributed by atoms with Gasteiger partial charge in [-0.15, -0.1) is 11.3 Å². The van der Waals surface area contributed by atoms with Gasteiger partial charge in [-0.25, -0.2) is 9.78 Å². The van der Waals surface area contributed by atoms with E-state index in [9.17, 15) is 4.79 Å². The number of ether oxygens (including phenoxy) is 1. The zero-order chi connectivity index (χ0) is 11.4. The highest BCUT2D eigenvalue weighted by atomic mass is 32.2. The van der Waals surface area contributed by atoms with Crippen molar-refractivity contribution in [3.63, 3.8) is 0 Å². The van der Waals surface area contributed by atoms with E-state index in [0.29, 0.717) is 0 Å². The number of para-hydroxylation sites is 1. The summed E-state index contributed by atoms with van der Waals surface area (Å²) in [4.78, 5) is 15.2. The Kier molecular flexibility index (Phi) is 3.58. The van der Waals surface area contributed by atoms with Gasteiger partial charge in [0.15, 0.2) is 4.34 Å². The molecule has 5 heteroatoms. The number of thiazole rings is 1. The molecule has 0 N–H and O–H groups in total. The van der Waals surface area contributed by atoms with Crippen LogP contribution in [0.1, 0.15) is 0 Å². The Morgan fingerprint density at radius 2 is 2.38 bits per heavy atom. The van der Waals surface area contributed by atoms with Crippen LogP contribution < -0.4 is 0 Å². The second-order valence-electron chi connectivity index (χ2n) is 2.88. The smallest absolute Gasteiger partial charge is 0.330 e. The van der Waals surface area contributed by atoms with E-state index in [1.807, 2.05) is 24.3 Å². The first kappa shape index (κ1) is 11.2. The van der Waals surface area contributed by atoms with Crippen LogP contribution in [0.25, 0.3) is 10.2 Å². The first-order valence-electron chi connectivity index (χ1n) is 4.57. The molecule has 0 saturated carbocycles. The van der Waals surface area contributed by atoms with Crippen LogP contribution in [0.15, 0.2) is 41.3 Å². The van der Waals surface area contributed by atoms with Crippen LogP contribution in [0.4, 0.5) is 0 Å². The quantitative estimate of drug-likeness (QED) is 0.362. The number of benzene rings is 1. The van der Waals surface area contributed by atoms with Crippen molar-refractivity contribution in [1.29, 1.82) is 0 Å². The second kappa shape index (κ2) is 5.14. The summed E-state index contributed by atoms with van der Waals surface area (Å²) in [6, 6.07) is 7.92. The van der Waals surface area contributed by atoms with Gasteiger partial charge < -0.3 is 4.74 Å². The maximum Gasteiger partial charge on any atom is 0.330 e. The fourth-order valence-electron chi connectivity index (χ4n) is 1.11. The van der Waals surface area contributed by atoms with E-state index in [-0.39, 0.29) is 5.94 Å². The van der Waals surface area contributed by atoms with Crippen molar-refractivity contribution in [2.45, 2.75) is 4.34 Å². The highest BCUT2D eigenvalue weighted by Gasteiger charge is 2.04. The molecule has 0 aliphatic heterocycles. The van der Waals surface area contributed by atoms with Crippen LogP contribution in [0.3, 0.4) is 0 Å². The molecular weight excluding hydrogens is 242 g/mol. The van der Waals surface area contributed by atoms with Crippen LogP contribution in [0.2, 0.25) is 0 Å². The highest BCUT2D eigenvalue weighted by molar-refractivity contribution is 8.01. The summed E-state index contributed by atoms with van der Waals surface area (Å²) in [6.45, 7) is 3.32. The van der Waals surface area contributed by atoms with Crippen molar-refractivity contribution in [2.75, 3.05) is 5.94 Å². The fraction of sp³-hybridized carbons (Fsp3) is 0.0909. The molecule has 0 amide bonds. The fourth-order valence-corrected chi connectivity index (χ4v) is 2.89. The van der Waals surface area contributed by atoms with Crippen molar-refractivity contribution >= 4 is 39.3 Å². The summed E-state index contributed by atoms with van der Waals surface area (Å²) < 4.78 is 6.90. The minimum absolute atomic E-state index is 0.269. The second-order valence-corrected chi connectivity index (χ2v) is 5.08. The molecule has 3 nitrogen and oxygen atoms in total. The van der Waals surface area contributed by atoms with Gasteiger partial charge in [0, 0.05) is 6.08 Å². The maximum atomic E-state index is 10.8. The summed E-state index contributed by atoms with van der Waals surface area (Å²) >= 11 is 3.00. The van der Waals surface area contributed by atoms with E-state index >= 15 is 0 Å². The van der Waals surface area contributed by atoms with Crippen molar-refractivity contribution in [3.05, 3.63) is 36.9 Å². The normalized spacial score (nSPS) is 10.2. The Morgan fingerprint density at radius 3 is 3.12 bits per heavy atom. The third-order valence-electron chi connectivity index (χ3n) is 1.82. The Bertz CT molecular complexity index is 488. The zero-order valence-electron chi connectivity index (χ0n) is 8.38. The van der Waals surface area contributed by atoms with Gasteiger partial charge in [-0.3, -0.25) is 0 Å². The molecule has 0 aliphatic carbocycles. The Labute approximate surface area is 101 Å². The molecule has 1 aromatic carbocycles. The molecule has 16 heavy (non-hydrogen) atoms. The molecule has 0 fully saturated rings. The third kappa shape index (κ3) is 2.62. The van der Waals surface area contributed by atoms with Gasteiger partial charge in [-0.1, -0.05) is 30.5 Å². The largest absolute Gasteiger partial charge is 0.451 e. The van der Waals surface area contributed by atoms with Crippen molar-refractivity contribution < 1.29 is 9.53 Å². The number of fused-ring (bicyclic) bond motifs is 1. The summed E-state index contributed by atoms with van der Waals surface area (Å²) in [5.74, 6) is -0.140. The Morgan fingerprint density at radius 1 is 1.56 bits per heavy atom. The van der Waals surface area contributed by atoms with Gasteiger partial charge in [0.1, 0.15) is 5.94 Å². The van der Waals surface area contributed by atoms with Gasteiger partial charge in [-0.2, -0.15) is 0 Å². The SMILES string of the molecule is C=CC(=O)OCSc1nc2ccccc2s1. The number of nitrogens with zero attached hydrogens (tertiary/aromatic N) is 1. The lowest BCUT2D eigenvalue weighted by atomic mass is 10.3.